The summed E-state index contributed by atoms with van der Waals surface area (Å²) in [4.78, 5) is 34.8. The Hall–Kier alpha value is -2.57. The molecule has 0 aromatic heterocycles. The number of nitrogens with two attached hydrogens (primary N) is 1. The second-order valence-electron chi connectivity index (χ2n) is 4.36. The molecule has 1 saturated heterocycles. The summed E-state index contributed by atoms with van der Waals surface area (Å²) in [6.45, 7) is 0.0245. The topological polar surface area (TPSA) is 121 Å². The summed E-state index contributed by atoms with van der Waals surface area (Å²) in [5, 5.41) is 17.8. The lowest BCUT2D eigenvalue weighted by Gasteiger charge is -2.17. The van der Waals surface area contributed by atoms with E-state index in [1.165, 1.54) is 23.1 Å². The van der Waals surface area contributed by atoms with Crippen molar-refractivity contribution >= 4 is 29.2 Å². The van der Waals surface area contributed by atoms with Crippen LogP contribution in [0.4, 0.5) is 11.4 Å². The van der Waals surface area contributed by atoms with E-state index in [0.717, 1.165) is 0 Å². The lowest BCUT2D eigenvalue weighted by Crippen LogP contribution is -2.26. The van der Waals surface area contributed by atoms with E-state index in [4.69, 9.17) is 15.9 Å². The summed E-state index contributed by atoms with van der Waals surface area (Å²) in [5.74, 6) is -3.33. The zero-order valence-electron chi connectivity index (χ0n) is 9.87. The van der Waals surface area contributed by atoms with Gasteiger partial charge in [-0.1, -0.05) is 0 Å². The maximum absolute atomic E-state index is 11.8. The molecular formula is C12H12N2O5. The van der Waals surface area contributed by atoms with Gasteiger partial charge in [0.25, 0.3) is 0 Å². The minimum Gasteiger partial charge on any atom is -0.481 e. The van der Waals surface area contributed by atoms with Gasteiger partial charge in [-0.15, -0.1) is 0 Å². The van der Waals surface area contributed by atoms with Crippen LogP contribution in [-0.2, 0) is 9.59 Å². The maximum atomic E-state index is 11.8. The fraction of sp³-hybridized carbons (Fsp3) is 0.250. The molecule has 1 aliphatic rings. The molecule has 0 spiro atoms. The molecule has 1 amide bonds. The molecule has 7 nitrogen and oxygen atoms in total. The Morgan fingerprint density at radius 2 is 1.95 bits per heavy atom. The Balaban J connectivity index is 2.34. The minimum absolute atomic E-state index is 0.0245. The lowest BCUT2D eigenvalue weighted by atomic mass is 10.1. The fourth-order valence-corrected chi connectivity index (χ4v) is 2.04. The van der Waals surface area contributed by atoms with Crippen LogP contribution in [0.3, 0.4) is 0 Å². The first-order chi connectivity index (χ1) is 8.88. The monoisotopic (exact) mass is 264 g/mol. The fourth-order valence-electron chi connectivity index (χ4n) is 2.04. The highest BCUT2D eigenvalue weighted by Crippen LogP contribution is 2.28. The van der Waals surface area contributed by atoms with Crippen LogP contribution < -0.4 is 10.6 Å². The van der Waals surface area contributed by atoms with Crippen LogP contribution in [0.1, 0.15) is 16.8 Å². The number of amides is 1. The molecule has 0 aliphatic carbocycles. The number of benzene rings is 1. The van der Waals surface area contributed by atoms with Gasteiger partial charge in [0.1, 0.15) is 0 Å². The molecule has 1 aromatic rings. The van der Waals surface area contributed by atoms with E-state index in [1.54, 1.807) is 0 Å². The van der Waals surface area contributed by atoms with Gasteiger partial charge < -0.3 is 20.8 Å². The molecule has 2 rings (SSSR count). The molecule has 0 saturated carbocycles. The van der Waals surface area contributed by atoms with Gasteiger partial charge in [0.2, 0.25) is 5.91 Å². The summed E-state index contributed by atoms with van der Waals surface area (Å²) in [6, 6.07) is 4.04. The van der Waals surface area contributed by atoms with E-state index >= 15 is 0 Å². The van der Waals surface area contributed by atoms with Crippen LogP contribution in [0.15, 0.2) is 18.2 Å². The van der Waals surface area contributed by atoms with E-state index in [-0.39, 0.29) is 30.1 Å². The zero-order valence-corrected chi connectivity index (χ0v) is 9.87. The van der Waals surface area contributed by atoms with Gasteiger partial charge in [0, 0.05) is 24.3 Å². The predicted octanol–water partition coefficient (Wildman–Crippen LogP) is 0.404. The highest BCUT2D eigenvalue weighted by atomic mass is 16.4. The molecule has 7 heteroatoms. The average Bonchev–Trinajstić information content (AvgIpc) is 2.70. The number of carboxylic acid groups (broad SMARTS) is 2. The third-order valence-corrected chi connectivity index (χ3v) is 2.97. The van der Waals surface area contributed by atoms with Crippen molar-refractivity contribution in [2.45, 2.75) is 6.42 Å². The molecule has 1 unspecified atom stereocenters. The van der Waals surface area contributed by atoms with Crippen molar-refractivity contribution in [2.75, 3.05) is 17.2 Å². The van der Waals surface area contributed by atoms with E-state index in [2.05, 4.69) is 0 Å². The predicted molar refractivity (Wildman–Crippen MR) is 65.9 cm³/mol. The Morgan fingerprint density at radius 1 is 1.26 bits per heavy atom. The number of rotatable bonds is 3. The zero-order chi connectivity index (χ0) is 14.2. The Bertz CT molecular complexity index is 569. The van der Waals surface area contributed by atoms with Crippen molar-refractivity contribution in [1.82, 2.24) is 0 Å². The van der Waals surface area contributed by atoms with Crippen molar-refractivity contribution in [3.05, 3.63) is 23.8 Å². The van der Waals surface area contributed by atoms with E-state index in [0.29, 0.717) is 5.69 Å². The van der Waals surface area contributed by atoms with E-state index < -0.39 is 17.9 Å². The van der Waals surface area contributed by atoms with E-state index in [9.17, 15) is 14.4 Å². The first kappa shape index (κ1) is 12.9. The van der Waals surface area contributed by atoms with Crippen LogP contribution in [0.2, 0.25) is 0 Å². The minimum atomic E-state index is -1.16. The smallest absolute Gasteiger partial charge is 0.335 e. The largest absolute Gasteiger partial charge is 0.481 e. The molecule has 0 bridgehead atoms. The first-order valence-corrected chi connectivity index (χ1v) is 5.55. The third kappa shape index (κ3) is 2.49. The average molecular weight is 264 g/mol. The number of aromatic carboxylic acids is 1. The van der Waals surface area contributed by atoms with Gasteiger partial charge in [-0.05, 0) is 18.2 Å². The van der Waals surface area contributed by atoms with Crippen molar-refractivity contribution in [3.63, 3.8) is 0 Å². The molecule has 0 radical (unpaired) electrons. The number of carbonyl (C=O) groups excluding carboxylic acids is 1. The molecule has 19 heavy (non-hydrogen) atoms. The van der Waals surface area contributed by atoms with Gasteiger partial charge in [0.05, 0.1) is 11.5 Å². The Kier molecular flexibility index (Phi) is 3.12. The summed E-state index contributed by atoms with van der Waals surface area (Å²) in [6.07, 6.45) is -0.0907. The molecule has 100 valence electrons. The summed E-state index contributed by atoms with van der Waals surface area (Å²) in [5.41, 5.74) is 6.07. The summed E-state index contributed by atoms with van der Waals surface area (Å²) >= 11 is 0. The van der Waals surface area contributed by atoms with Crippen LogP contribution in [0.25, 0.3) is 0 Å². The number of hydrogen-bond donors (Lipinski definition) is 3. The van der Waals surface area contributed by atoms with Crippen molar-refractivity contribution in [2.24, 2.45) is 5.92 Å². The Morgan fingerprint density at radius 3 is 2.47 bits per heavy atom. The number of hydrogen-bond acceptors (Lipinski definition) is 4. The van der Waals surface area contributed by atoms with Crippen LogP contribution >= 0.6 is 0 Å². The van der Waals surface area contributed by atoms with Crippen molar-refractivity contribution in [1.29, 1.82) is 0 Å². The molecule has 1 aliphatic heterocycles. The summed E-state index contributed by atoms with van der Waals surface area (Å²) in [7, 11) is 0. The number of carboxylic acids is 2. The van der Waals surface area contributed by atoms with Crippen LogP contribution in [-0.4, -0.2) is 34.6 Å². The second kappa shape index (κ2) is 4.60. The summed E-state index contributed by atoms with van der Waals surface area (Å²) < 4.78 is 0. The number of nitrogen functional groups attached to an aromatic ring is 1. The molecule has 1 heterocycles. The number of aliphatic carboxylic acids is 1. The van der Waals surface area contributed by atoms with Gasteiger partial charge in [-0.2, -0.15) is 0 Å². The van der Waals surface area contributed by atoms with Gasteiger partial charge in [0.15, 0.2) is 0 Å². The number of anilines is 2. The quantitative estimate of drug-likeness (QED) is 0.679. The van der Waals surface area contributed by atoms with Gasteiger partial charge in [-0.3, -0.25) is 9.59 Å². The molecule has 1 fully saturated rings. The van der Waals surface area contributed by atoms with E-state index in [1.807, 2.05) is 0 Å². The maximum Gasteiger partial charge on any atom is 0.335 e. The highest BCUT2D eigenvalue weighted by molar-refractivity contribution is 6.01. The molecular weight excluding hydrogens is 252 g/mol. The number of nitrogens with zero attached hydrogens (tertiary/aromatic N) is 1. The van der Waals surface area contributed by atoms with Crippen LogP contribution in [0, 0.1) is 5.92 Å². The van der Waals surface area contributed by atoms with Crippen LogP contribution in [0.5, 0.6) is 0 Å². The Labute approximate surface area is 108 Å². The number of carbonyl (C=O) groups is 3. The standard InChI is InChI=1S/C12H12N2O5/c13-8-1-6(11(16)17)2-9(4-8)14-5-7(12(18)19)3-10(14)15/h1-2,4,7H,3,5,13H2,(H,16,17)(H,18,19). The van der Waals surface area contributed by atoms with Gasteiger partial charge >= 0.3 is 11.9 Å². The molecule has 4 N–H and O–H groups in total. The molecule has 1 aromatic carbocycles. The van der Waals surface area contributed by atoms with Crippen molar-refractivity contribution in [3.8, 4) is 0 Å². The first-order valence-electron chi connectivity index (χ1n) is 5.55. The normalized spacial score (nSPS) is 18.6. The SMILES string of the molecule is Nc1cc(C(=O)O)cc(N2CC(C(=O)O)CC2=O)c1. The van der Waals surface area contributed by atoms with Gasteiger partial charge in [-0.25, -0.2) is 4.79 Å². The highest BCUT2D eigenvalue weighted by Gasteiger charge is 2.35. The second-order valence-corrected chi connectivity index (χ2v) is 4.36. The third-order valence-electron chi connectivity index (χ3n) is 2.97. The lowest BCUT2D eigenvalue weighted by molar-refractivity contribution is -0.141. The van der Waals surface area contributed by atoms with Crippen molar-refractivity contribution < 1.29 is 24.6 Å². The molecule has 1 atom stereocenters.